The van der Waals surface area contributed by atoms with Gasteiger partial charge in [0, 0.05) is 35.6 Å². The van der Waals surface area contributed by atoms with Crippen LogP contribution in [0.15, 0.2) is 18.2 Å². The van der Waals surface area contributed by atoms with Crippen LogP contribution in [0, 0.1) is 6.92 Å². The van der Waals surface area contributed by atoms with Crippen LogP contribution in [0.5, 0.6) is 0 Å². The van der Waals surface area contributed by atoms with E-state index in [1.165, 1.54) is 0 Å². The number of carbonyl (C=O) groups excluding carboxylic acids is 1. The molecule has 0 saturated heterocycles. The molecular weight excluding hydrogens is 328 g/mol. The highest BCUT2D eigenvalue weighted by Gasteiger charge is 2.24. The lowest BCUT2D eigenvalue weighted by molar-refractivity contribution is -0.137. The molecule has 0 fully saturated rings. The fourth-order valence-corrected chi connectivity index (χ4v) is 3.24. The third-order valence-electron chi connectivity index (χ3n) is 4.17. The zero-order valence-electron chi connectivity index (χ0n) is 14.3. The number of rotatable bonds is 7. The molecule has 1 amide bonds. The van der Waals surface area contributed by atoms with Crippen molar-refractivity contribution >= 4 is 34.4 Å². The number of aliphatic carboxylic acids is 1. The number of halogens is 1. The summed E-state index contributed by atoms with van der Waals surface area (Å²) in [6.07, 6.45) is 0.728. The molecule has 1 aromatic carbocycles. The standard InChI is InChI=1S/C18H23ClN2O3/c1-4-9-20(10-8-16(22)23)18(24)17-12(3)14-11-13(19)6-7-15(14)21(17)5-2/h6-7,11H,4-5,8-10H2,1-3H3,(H,22,23). The first kappa shape index (κ1) is 18.3. The Morgan fingerprint density at radius 1 is 1.25 bits per heavy atom. The number of fused-ring (bicyclic) bond motifs is 1. The Balaban J connectivity index is 2.50. The van der Waals surface area contributed by atoms with Crippen LogP contribution < -0.4 is 0 Å². The first-order chi connectivity index (χ1) is 11.4. The summed E-state index contributed by atoms with van der Waals surface area (Å²) in [6.45, 7) is 7.30. The maximum Gasteiger partial charge on any atom is 0.305 e. The molecule has 5 nitrogen and oxygen atoms in total. The first-order valence-electron chi connectivity index (χ1n) is 8.20. The monoisotopic (exact) mass is 350 g/mol. The molecule has 2 aromatic rings. The van der Waals surface area contributed by atoms with E-state index in [-0.39, 0.29) is 18.9 Å². The third kappa shape index (κ3) is 3.56. The van der Waals surface area contributed by atoms with Crippen molar-refractivity contribution < 1.29 is 14.7 Å². The fraction of sp³-hybridized carbons (Fsp3) is 0.444. The fourth-order valence-electron chi connectivity index (χ4n) is 3.06. The van der Waals surface area contributed by atoms with Crippen LogP contribution in [0.4, 0.5) is 0 Å². The summed E-state index contributed by atoms with van der Waals surface area (Å²) >= 11 is 6.10. The highest BCUT2D eigenvalue weighted by atomic mass is 35.5. The molecule has 0 unspecified atom stereocenters. The van der Waals surface area contributed by atoms with Crippen molar-refractivity contribution in [1.29, 1.82) is 0 Å². The van der Waals surface area contributed by atoms with Gasteiger partial charge in [-0.3, -0.25) is 9.59 Å². The topological polar surface area (TPSA) is 62.5 Å². The summed E-state index contributed by atoms with van der Waals surface area (Å²) < 4.78 is 1.98. The van der Waals surface area contributed by atoms with Crippen molar-refractivity contribution in [3.05, 3.63) is 34.5 Å². The SMILES string of the molecule is CCCN(CCC(=O)O)C(=O)c1c(C)c2cc(Cl)ccc2n1CC. The van der Waals surface area contributed by atoms with Gasteiger partial charge in [0.2, 0.25) is 0 Å². The average Bonchev–Trinajstić information content (AvgIpc) is 2.82. The van der Waals surface area contributed by atoms with Gasteiger partial charge in [-0.05, 0) is 44.0 Å². The predicted molar refractivity (Wildman–Crippen MR) is 95.8 cm³/mol. The van der Waals surface area contributed by atoms with Crippen molar-refractivity contribution in [2.24, 2.45) is 0 Å². The number of carboxylic acids is 1. The number of carbonyl (C=O) groups is 2. The van der Waals surface area contributed by atoms with Gasteiger partial charge in [-0.2, -0.15) is 0 Å². The summed E-state index contributed by atoms with van der Waals surface area (Å²) in [6, 6.07) is 5.61. The van der Waals surface area contributed by atoms with Gasteiger partial charge in [-0.25, -0.2) is 0 Å². The Hall–Kier alpha value is -2.01. The van der Waals surface area contributed by atoms with E-state index in [0.717, 1.165) is 22.9 Å². The molecule has 0 radical (unpaired) electrons. The molecule has 0 aliphatic heterocycles. The van der Waals surface area contributed by atoms with Gasteiger partial charge >= 0.3 is 5.97 Å². The highest BCUT2D eigenvalue weighted by Crippen LogP contribution is 2.29. The predicted octanol–water partition coefficient (Wildman–Crippen LogP) is 3.95. The summed E-state index contributed by atoms with van der Waals surface area (Å²) in [5.41, 5.74) is 2.47. The largest absolute Gasteiger partial charge is 0.481 e. The lowest BCUT2D eigenvalue weighted by atomic mass is 10.1. The summed E-state index contributed by atoms with van der Waals surface area (Å²) in [5, 5.41) is 10.5. The number of hydrogen-bond donors (Lipinski definition) is 1. The lowest BCUT2D eigenvalue weighted by Gasteiger charge is -2.22. The Morgan fingerprint density at radius 3 is 2.54 bits per heavy atom. The minimum absolute atomic E-state index is 0.0526. The second-order valence-corrected chi connectivity index (χ2v) is 6.25. The molecule has 1 heterocycles. The van der Waals surface area contributed by atoms with Gasteiger partial charge in [0.05, 0.1) is 6.42 Å². The van der Waals surface area contributed by atoms with E-state index in [0.29, 0.717) is 23.8 Å². The van der Waals surface area contributed by atoms with Crippen LogP contribution in [-0.4, -0.2) is 39.5 Å². The molecule has 130 valence electrons. The molecule has 0 aliphatic carbocycles. The molecule has 2 rings (SSSR count). The minimum atomic E-state index is -0.900. The Morgan fingerprint density at radius 2 is 1.96 bits per heavy atom. The molecule has 0 atom stereocenters. The van der Waals surface area contributed by atoms with E-state index < -0.39 is 5.97 Å². The second kappa shape index (κ2) is 7.71. The number of aryl methyl sites for hydroxylation is 2. The molecule has 0 spiro atoms. The van der Waals surface area contributed by atoms with E-state index in [4.69, 9.17) is 16.7 Å². The number of nitrogens with zero attached hydrogens (tertiary/aromatic N) is 2. The van der Waals surface area contributed by atoms with Crippen LogP contribution in [0.2, 0.25) is 5.02 Å². The first-order valence-corrected chi connectivity index (χ1v) is 8.57. The van der Waals surface area contributed by atoms with Crippen LogP contribution in [0.1, 0.15) is 42.7 Å². The minimum Gasteiger partial charge on any atom is -0.481 e. The molecule has 1 N–H and O–H groups in total. The van der Waals surface area contributed by atoms with Crippen molar-refractivity contribution in [1.82, 2.24) is 9.47 Å². The normalized spacial score (nSPS) is 11.0. The molecule has 1 aromatic heterocycles. The summed E-state index contributed by atoms with van der Waals surface area (Å²) in [7, 11) is 0. The number of hydrogen-bond acceptors (Lipinski definition) is 2. The van der Waals surface area contributed by atoms with Gasteiger partial charge in [0.1, 0.15) is 5.69 Å². The van der Waals surface area contributed by atoms with Gasteiger partial charge in [0.15, 0.2) is 0 Å². The number of amides is 1. The Kier molecular flexibility index (Phi) is 5.89. The van der Waals surface area contributed by atoms with Gasteiger partial charge < -0.3 is 14.6 Å². The van der Waals surface area contributed by atoms with Crippen LogP contribution >= 0.6 is 11.6 Å². The quantitative estimate of drug-likeness (QED) is 0.822. The highest BCUT2D eigenvalue weighted by molar-refractivity contribution is 6.31. The van der Waals surface area contributed by atoms with Crippen molar-refractivity contribution in [3.63, 3.8) is 0 Å². The molecule has 0 bridgehead atoms. The van der Waals surface area contributed by atoms with E-state index in [1.54, 1.807) is 4.90 Å². The molecule has 6 heteroatoms. The zero-order chi connectivity index (χ0) is 17.9. The van der Waals surface area contributed by atoms with Crippen LogP contribution in [0.3, 0.4) is 0 Å². The van der Waals surface area contributed by atoms with E-state index >= 15 is 0 Å². The van der Waals surface area contributed by atoms with Gasteiger partial charge in [-0.15, -0.1) is 0 Å². The Bertz CT molecular complexity index is 767. The van der Waals surface area contributed by atoms with Gasteiger partial charge in [-0.1, -0.05) is 18.5 Å². The summed E-state index contributed by atoms with van der Waals surface area (Å²) in [5.74, 6) is -1.02. The molecule has 0 saturated carbocycles. The molecule has 0 aliphatic rings. The van der Waals surface area contributed by atoms with Gasteiger partial charge in [0.25, 0.3) is 5.91 Å². The van der Waals surface area contributed by atoms with E-state index in [9.17, 15) is 9.59 Å². The van der Waals surface area contributed by atoms with Crippen LogP contribution in [-0.2, 0) is 11.3 Å². The average molecular weight is 351 g/mol. The molecule has 24 heavy (non-hydrogen) atoms. The third-order valence-corrected chi connectivity index (χ3v) is 4.41. The number of aromatic nitrogens is 1. The maximum atomic E-state index is 13.1. The zero-order valence-corrected chi connectivity index (χ0v) is 15.1. The smallest absolute Gasteiger partial charge is 0.305 e. The second-order valence-electron chi connectivity index (χ2n) is 5.82. The number of benzene rings is 1. The summed E-state index contributed by atoms with van der Waals surface area (Å²) in [4.78, 5) is 25.6. The van der Waals surface area contributed by atoms with Crippen molar-refractivity contribution in [2.45, 2.75) is 40.2 Å². The van der Waals surface area contributed by atoms with E-state index in [1.807, 2.05) is 43.5 Å². The van der Waals surface area contributed by atoms with E-state index in [2.05, 4.69) is 0 Å². The van der Waals surface area contributed by atoms with Crippen LogP contribution in [0.25, 0.3) is 10.9 Å². The van der Waals surface area contributed by atoms with Crippen molar-refractivity contribution in [2.75, 3.05) is 13.1 Å². The maximum absolute atomic E-state index is 13.1. The Labute approximate surface area is 146 Å². The van der Waals surface area contributed by atoms with Crippen molar-refractivity contribution in [3.8, 4) is 0 Å². The lowest BCUT2D eigenvalue weighted by Crippen LogP contribution is -2.35. The molecular formula is C18H23ClN2O3. The number of carboxylic acid groups (broad SMARTS) is 1.